The Morgan fingerprint density at radius 2 is 1.40 bits per heavy atom. The number of amides is 3. The van der Waals surface area contributed by atoms with Gasteiger partial charge in [0, 0.05) is 31.5 Å². The fraction of sp³-hybridized carbons (Fsp3) is 0.389. The number of carboxylic acids is 1. The van der Waals surface area contributed by atoms with E-state index in [-0.39, 0.29) is 30.7 Å². The number of carbonyl (C=O) groups is 4. The summed E-state index contributed by atoms with van der Waals surface area (Å²) in [6.07, 6.45) is 0.342. The van der Waals surface area contributed by atoms with Gasteiger partial charge in [-0.25, -0.2) is 4.79 Å². The number of hydrogen-bond acceptors (Lipinski definition) is 5. The maximum Gasteiger partial charge on any atom is 0.415 e. The third-order valence-corrected chi connectivity index (χ3v) is 9.04. The molecule has 0 aromatic heterocycles. The molecule has 0 bridgehead atoms. The number of aliphatic carboxylic acids is 1. The van der Waals surface area contributed by atoms with Crippen molar-refractivity contribution in [1.82, 2.24) is 9.80 Å². The molecule has 4 atom stereocenters. The zero-order valence-corrected chi connectivity index (χ0v) is 25.9. The molecule has 0 aliphatic carbocycles. The van der Waals surface area contributed by atoms with Crippen LogP contribution >= 0.6 is 0 Å². The van der Waals surface area contributed by atoms with Crippen molar-refractivity contribution in [2.45, 2.75) is 82.6 Å². The molecule has 9 nitrogen and oxygen atoms in total. The van der Waals surface area contributed by atoms with E-state index in [0.29, 0.717) is 31.5 Å². The van der Waals surface area contributed by atoms with Gasteiger partial charge in [0.15, 0.2) is 0 Å². The molecule has 1 N–H and O–H groups in total. The van der Waals surface area contributed by atoms with Crippen LogP contribution in [-0.4, -0.2) is 69.1 Å². The normalized spacial score (nSPS) is 22.5. The smallest absolute Gasteiger partial charge is 0.415 e. The third kappa shape index (κ3) is 6.16. The van der Waals surface area contributed by atoms with Gasteiger partial charge in [-0.1, -0.05) is 72.8 Å². The Balaban J connectivity index is 1.35. The Bertz CT molecular complexity index is 1620. The number of carboxylic acid groups (broad SMARTS) is 1. The van der Waals surface area contributed by atoms with E-state index >= 15 is 0 Å². The van der Waals surface area contributed by atoms with Crippen molar-refractivity contribution in [3.05, 3.63) is 101 Å². The van der Waals surface area contributed by atoms with Crippen LogP contribution in [0, 0.1) is 0 Å². The van der Waals surface area contributed by atoms with Gasteiger partial charge in [0.1, 0.15) is 17.7 Å². The molecule has 0 radical (unpaired) electrons. The molecule has 0 saturated carbocycles. The van der Waals surface area contributed by atoms with Crippen molar-refractivity contribution in [3.63, 3.8) is 0 Å². The topological polar surface area (TPSA) is 107 Å². The number of anilines is 1. The molecule has 0 spiro atoms. The van der Waals surface area contributed by atoms with Crippen LogP contribution in [0.1, 0.15) is 61.8 Å². The zero-order valence-electron chi connectivity index (χ0n) is 25.9. The molecule has 1 fully saturated rings. The molecule has 3 aromatic carbocycles. The van der Waals surface area contributed by atoms with Gasteiger partial charge in [-0.05, 0) is 61.9 Å². The first-order valence-electron chi connectivity index (χ1n) is 15.5. The summed E-state index contributed by atoms with van der Waals surface area (Å²) in [5.74, 6) is -1.66. The highest BCUT2D eigenvalue weighted by Gasteiger charge is 2.49. The number of rotatable bonds is 5. The maximum atomic E-state index is 14.6. The molecule has 9 heteroatoms. The van der Waals surface area contributed by atoms with Crippen molar-refractivity contribution in [3.8, 4) is 0 Å². The lowest BCUT2D eigenvalue weighted by atomic mass is 9.90. The van der Waals surface area contributed by atoms with Gasteiger partial charge in [0.05, 0.1) is 12.1 Å². The average molecular weight is 610 g/mol. The zero-order chi connectivity index (χ0) is 31.9. The lowest BCUT2D eigenvalue weighted by molar-refractivity contribution is -0.148. The maximum absolute atomic E-state index is 14.6. The number of likely N-dealkylation sites (tertiary alicyclic amines) is 1. The van der Waals surface area contributed by atoms with Gasteiger partial charge in [-0.3, -0.25) is 19.3 Å². The van der Waals surface area contributed by atoms with E-state index in [1.54, 1.807) is 30.6 Å². The van der Waals surface area contributed by atoms with Gasteiger partial charge < -0.3 is 19.6 Å². The van der Waals surface area contributed by atoms with E-state index < -0.39 is 35.8 Å². The lowest BCUT2D eigenvalue weighted by Crippen LogP contribution is -2.57. The highest BCUT2D eigenvalue weighted by Crippen LogP contribution is 2.39. The molecule has 3 amide bonds. The Morgan fingerprint density at radius 1 is 0.778 bits per heavy atom. The van der Waals surface area contributed by atoms with E-state index in [2.05, 4.69) is 0 Å². The van der Waals surface area contributed by atoms with Gasteiger partial charge in [0.2, 0.25) is 11.8 Å². The summed E-state index contributed by atoms with van der Waals surface area (Å²) < 4.78 is 5.75. The van der Waals surface area contributed by atoms with E-state index in [1.807, 2.05) is 78.9 Å². The van der Waals surface area contributed by atoms with Gasteiger partial charge >= 0.3 is 12.1 Å². The second kappa shape index (κ2) is 12.0. The first-order chi connectivity index (χ1) is 21.5. The quantitative estimate of drug-likeness (QED) is 0.428. The standard InChI is InChI=1S/C36H39N3O6/c1-36(2,3)45-35(44)39-29-16-10-9-14-25(29)18-31(39)34(43)38-22-27(23-11-5-4-6-12-23)19-30(38)33(42)37-21-26-15-8-7-13-24(26)17-28(37)20-32(40)41/h4-16,27-28,30-31H,17-22H2,1-3H3,(H,40,41)/t27-,28?,30+,31+/m0/s1. The SMILES string of the molecule is CC(C)(C)OC(=O)N1c2ccccc2C[C@@H]1C(=O)N1C[C@@H](c2ccccc2)C[C@@H]1C(=O)N1Cc2ccccc2CC1CC(=O)O. The van der Waals surface area contributed by atoms with Crippen LogP contribution in [0.5, 0.6) is 0 Å². The van der Waals surface area contributed by atoms with Gasteiger partial charge in [0.25, 0.3) is 0 Å². The number of ether oxygens (including phenoxy) is 1. The number of nitrogens with zero attached hydrogens (tertiary/aromatic N) is 3. The molecular weight excluding hydrogens is 570 g/mol. The number of para-hydroxylation sites is 1. The molecule has 1 unspecified atom stereocenters. The minimum atomic E-state index is -0.976. The predicted octanol–water partition coefficient (Wildman–Crippen LogP) is 5.17. The van der Waals surface area contributed by atoms with Gasteiger partial charge in [-0.15, -0.1) is 0 Å². The lowest BCUT2D eigenvalue weighted by Gasteiger charge is -2.40. The Kier molecular flexibility index (Phi) is 8.12. The Morgan fingerprint density at radius 3 is 2.09 bits per heavy atom. The summed E-state index contributed by atoms with van der Waals surface area (Å²) in [6.45, 7) is 5.94. The van der Waals surface area contributed by atoms with Crippen LogP contribution in [0.2, 0.25) is 0 Å². The third-order valence-electron chi connectivity index (χ3n) is 9.04. The Labute approximate surface area is 263 Å². The first kappa shape index (κ1) is 30.4. The molecule has 1 saturated heterocycles. The van der Waals surface area contributed by atoms with Crippen molar-refractivity contribution in [1.29, 1.82) is 0 Å². The monoisotopic (exact) mass is 609 g/mol. The van der Waals surface area contributed by atoms with Crippen molar-refractivity contribution in [2.24, 2.45) is 0 Å². The number of fused-ring (bicyclic) bond motifs is 2. The highest BCUT2D eigenvalue weighted by molar-refractivity contribution is 6.02. The predicted molar refractivity (Wildman–Crippen MR) is 169 cm³/mol. The second-order valence-electron chi connectivity index (χ2n) is 13.2. The average Bonchev–Trinajstić information content (AvgIpc) is 3.62. The molecule has 3 aliphatic rings. The van der Waals surface area contributed by atoms with Crippen LogP contribution in [0.3, 0.4) is 0 Å². The van der Waals surface area contributed by atoms with Crippen LogP contribution in [-0.2, 0) is 38.5 Å². The molecule has 3 aromatic rings. The first-order valence-corrected chi connectivity index (χ1v) is 15.5. The minimum absolute atomic E-state index is 0.0992. The van der Waals surface area contributed by atoms with E-state index in [9.17, 15) is 24.3 Å². The van der Waals surface area contributed by atoms with E-state index in [0.717, 1.165) is 22.3 Å². The van der Waals surface area contributed by atoms with Crippen molar-refractivity contribution >= 4 is 29.6 Å². The van der Waals surface area contributed by atoms with E-state index in [1.165, 1.54) is 4.90 Å². The minimum Gasteiger partial charge on any atom is -0.481 e. The summed E-state index contributed by atoms with van der Waals surface area (Å²) in [5.41, 5.74) is 3.75. The van der Waals surface area contributed by atoms with Crippen LogP contribution in [0.4, 0.5) is 10.5 Å². The summed E-state index contributed by atoms with van der Waals surface area (Å²) in [7, 11) is 0. The van der Waals surface area contributed by atoms with Crippen molar-refractivity contribution in [2.75, 3.05) is 11.4 Å². The molecule has 3 aliphatic heterocycles. The fourth-order valence-corrected chi connectivity index (χ4v) is 7.01. The number of benzene rings is 3. The fourth-order valence-electron chi connectivity index (χ4n) is 7.01. The van der Waals surface area contributed by atoms with Crippen LogP contribution in [0.25, 0.3) is 0 Å². The largest absolute Gasteiger partial charge is 0.481 e. The summed E-state index contributed by atoms with van der Waals surface area (Å²) in [5, 5.41) is 9.75. The molecular formula is C36H39N3O6. The highest BCUT2D eigenvalue weighted by atomic mass is 16.6. The molecule has 45 heavy (non-hydrogen) atoms. The van der Waals surface area contributed by atoms with Crippen LogP contribution < -0.4 is 4.90 Å². The van der Waals surface area contributed by atoms with Gasteiger partial charge in [-0.2, -0.15) is 0 Å². The second-order valence-corrected chi connectivity index (χ2v) is 13.2. The summed E-state index contributed by atoms with van der Waals surface area (Å²) >= 11 is 0. The number of carbonyl (C=O) groups excluding carboxylic acids is 3. The molecule has 6 rings (SSSR count). The van der Waals surface area contributed by atoms with Crippen molar-refractivity contribution < 1.29 is 29.0 Å². The molecule has 234 valence electrons. The van der Waals surface area contributed by atoms with Crippen LogP contribution in [0.15, 0.2) is 78.9 Å². The van der Waals surface area contributed by atoms with E-state index in [4.69, 9.17) is 4.74 Å². The molecule has 3 heterocycles. The number of hydrogen-bond donors (Lipinski definition) is 1. The summed E-state index contributed by atoms with van der Waals surface area (Å²) in [6, 6.07) is 22.8. The summed E-state index contributed by atoms with van der Waals surface area (Å²) in [4.78, 5) is 59.4. The Hall–Kier alpha value is -4.66.